The Kier molecular flexibility index (Phi) is 4.83. The molecule has 0 saturated heterocycles. The second-order valence-corrected chi connectivity index (χ2v) is 3.41. The molecule has 84 valence electrons. The van der Waals surface area contributed by atoms with E-state index in [9.17, 15) is 4.79 Å². The van der Waals surface area contributed by atoms with Gasteiger partial charge in [-0.3, -0.25) is 4.79 Å². The molecule has 1 atom stereocenters. The predicted octanol–water partition coefficient (Wildman–Crippen LogP) is 0.623. The maximum atomic E-state index is 11.4. The van der Waals surface area contributed by atoms with E-state index in [1.165, 1.54) is 0 Å². The van der Waals surface area contributed by atoms with Crippen molar-refractivity contribution in [2.24, 2.45) is 5.73 Å². The number of nitrogens with two attached hydrogens (primary N) is 1. The average Bonchev–Trinajstić information content (AvgIpc) is 2.70. The van der Waals surface area contributed by atoms with Crippen LogP contribution in [0.4, 0.5) is 0 Å². The van der Waals surface area contributed by atoms with Gasteiger partial charge >= 0.3 is 5.97 Å². The normalized spacial score (nSPS) is 12.4. The van der Waals surface area contributed by atoms with Gasteiger partial charge in [0.05, 0.1) is 12.9 Å². The molecule has 1 unspecified atom stereocenters. The maximum absolute atomic E-state index is 11.4. The van der Waals surface area contributed by atoms with E-state index >= 15 is 0 Å². The Morgan fingerprint density at radius 2 is 2.53 bits per heavy atom. The van der Waals surface area contributed by atoms with E-state index in [0.29, 0.717) is 13.0 Å². The SMILES string of the molecule is CCCCOC(=O)C(N)Cc1cnc[nH]1. The van der Waals surface area contributed by atoms with Gasteiger partial charge in [-0.25, -0.2) is 4.98 Å². The summed E-state index contributed by atoms with van der Waals surface area (Å²) in [6.07, 6.45) is 5.53. The summed E-state index contributed by atoms with van der Waals surface area (Å²) in [5, 5.41) is 0. The predicted molar refractivity (Wildman–Crippen MR) is 56.1 cm³/mol. The monoisotopic (exact) mass is 211 g/mol. The summed E-state index contributed by atoms with van der Waals surface area (Å²) in [5.41, 5.74) is 6.51. The van der Waals surface area contributed by atoms with Crippen molar-refractivity contribution in [3.63, 3.8) is 0 Å². The third kappa shape index (κ3) is 4.12. The lowest BCUT2D eigenvalue weighted by atomic mass is 10.2. The van der Waals surface area contributed by atoms with Crippen molar-refractivity contribution in [2.45, 2.75) is 32.2 Å². The maximum Gasteiger partial charge on any atom is 0.323 e. The van der Waals surface area contributed by atoms with E-state index in [0.717, 1.165) is 18.5 Å². The Morgan fingerprint density at radius 1 is 1.73 bits per heavy atom. The highest BCUT2D eigenvalue weighted by Gasteiger charge is 2.15. The summed E-state index contributed by atoms with van der Waals surface area (Å²) in [7, 11) is 0. The molecule has 0 aliphatic rings. The van der Waals surface area contributed by atoms with Crippen molar-refractivity contribution >= 4 is 5.97 Å². The second kappa shape index (κ2) is 6.19. The molecule has 1 heterocycles. The van der Waals surface area contributed by atoms with E-state index in [4.69, 9.17) is 10.5 Å². The zero-order valence-electron chi connectivity index (χ0n) is 8.90. The Bertz CT molecular complexity index is 285. The lowest BCUT2D eigenvalue weighted by molar-refractivity contribution is -0.145. The van der Waals surface area contributed by atoms with Crippen molar-refractivity contribution in [3.05, 3.63) is 18.2 Å². The molecule has 0 saturated carbocycles. The number of aromatic amines is 1. The van der Waals surface area contributed by atoms with Crippen LogP contribution in [0.2, 0.25) is 0 Å². The number of ether oxygens (including phenoxy) is 1. The van der Waals surface area contributed by atoms with Gasteiger partial charge < -0.3 is 15.5 Å². The number of carbonyl (C=O) groups excluding carboxylic acids is 1. The van der Waals surface area contributed by atoms with Gasteiger partial charge in [-0.2, -0.15) is 0 Å². The van der Waals surface area contributed by atoms with Crippen LogP contribution in [-0.2, 0) is 16.0 Å². The van der Waals surface area contributed by atoms with Crippen molar-refractivity contribution in [1.29, 1.82) is 0 Å². The van der Waals surface area contributed by atoms with Gasteiger partial charge in [0.25, 0.3) is 0 Å². The summed E-state index contributed by atoms with van der Waals surface area (Å²) in [4.78, 5) is 18.1. The van der Waals surface area contributed by atoms with E-state index in [2.05, 4.69) is 9.97 Å². The molecular formula is C10H17N3O2. The number of unbranched alkanes of at least 4 members (excludes halogenated alkanes) is 1. The van der Waals surface area contributed by atoms with Crippen LogP contribution in [0.3, 0.4) is 0 Å². The molecule has 3 N–H and O–H groups in total. The quantitative estimate of drug-likeness (QED) is 0.534. The molecule has 0 aliphatic heterocycles. The fourth-order valence-electron chi connectivity index (χ4n) is 1.14. The van der Waals surface area contributed by atoms with Crippen LogP contribution in [0, 0.1) is 0 Å². The first-order chi connectivity index (χ1) is 7.24. The molecule has 1 aromatic heterocycles. The number of H-pyrrole nitrogens is 1. The average molecular weight is 211 g/mol. The van der Waals surface area contributed by atoms with Gasteiger partial charge in [-0.05, 0) is 6.42 Å². The fourth-order valence-corrected chi connectivity index (χ4v) is 1.14. The third-order valence-corrected chi connectivity index (χ3v) is 2.04. The van der Waals surface area contributed by atoms with Crippen LogP contribution >= 0.6 is 0 Å². The summed E-state index contributed by atoms with van der Waals surface area (Å²) in [5.74, 6) is -0.349. The van der Waals surface area contributed by atoms with Gasteiger partial charge in [0.1, 0.15) is 6.04 Å². The smallest absolute Gasteiger partial charge is 0.323 e. The Labute approximate surface area is 89.0 Å². The number of nitrogens with one attached hydrogen (secondary N) is 1. The molecular weight excluding hydrogens is 194 g/mol. The number of esters is 1. The molecule has 15 heavy (non-hydrogen) atoms. The van der Waals surface area contributed by atoms with Gasteiger partial charge in [0, 0.05) is 18.3 Å². The highest BCUT2D eigenvalue weighted by molar-refractivity contribution is 5.75. The van der Waals surface area contributed by atoms with Gasteiger partial charge in [0.2, 0.25) is 0 Å². The number of hydrogen-bond acceptors (Lipinski definition) is 4. The summed E-state index contributed by atoms with van der Waals surface area (Å²) in [6.45, 7) is 2.49. The minimum atomic E-state index is -0.609. The topological polar surface area (TPSA) is 81.0 Å². The van der Waals surface area contributed by atoms with Crippen LogP contribution in [0.25, 0.3) is 0 Å². The fraction of sp³-hybridized carbons (Fsp3) is 0.600. The first-order valence-corrected chi connectivity index (χ1v) is 5.13. The zero-order valence-corrected chi connectivity index (χ0v) is 8.90. The largest absolute Gasteiger partial charge is 0.465 e. The van der Waals surface area contributed by atoms with Crippen molar-refractivity contribution in [3.8, 4) is 0 Å². The molecule has 0 spiro atoms. The van der Waals surface area contributed by atoms with E-state index in [1.54, 1.807) is 12.5 Å². The highest BCUT2D eigenvalue weighted by Crippen LogP contribution is 1.99. The van der Waals surface area contributed by atoms with Gasteiger partial charge in [0.15, 0.2) is 0 Å². The van der Waals surface area contributed by atoms with E-state index < -0.39 is 6.04 Å². The zero-order chi connectivity index (χ0) is 11.1. The summed E-state index contributed by atoms with van der Waals surface area (Å²) >= 11 is 0. The van der Waals surface area contributed by atoms with Crippen LogP contribution in [0.15, 0.2) is 12.5 Å². The molecule has 0 aliphatic carbocycles. The number of nitrogens with zero attached hydrogens (tertiary/aromatic N) is 1. The molecule has 5 nitrogen and oxygen atoms in total. The summed E-state index contributed by atoms with van der Waals surface area (Å²) < 4.78 is 4.99. The highest BCUT2D eigenvalue weighted by atomic mass is 16.5. The molecule has 0 radical (unpaired) electrons. The van der Waals surface area contributed by atoms with Crippen LogP contribution in [0.1, 0.15) is 25.5 Å². The Balaban J connectivity index is 2.27. The Morgan fingerprint density at radius 3 is 3.13 bits per heavy atom. The summed E-state index contributed by atoms with van der Waals surface area (Å²) in [6, 6.07) is -0.609. The van der Waals surface area contributed by atoms with E-state index in [-0.39, 0.29) is 5.97 Å². The molecule has 1 rings (SSSR count). The van der Waals surface area contributed by atoms with Crippen LogP contribution < -0.4 is 5.73 Å². The first kappa shape index (κ1) is 11.7. The number of aromatic nitrogens is 2. The number of rotatable bonds is 6. The molecule has 0 fully saturated rings. The van der Waals surface area contributed by atoms with Gasteiger partial charge in [-0.1, -0.05) is 13.3 Å². The lowest BCUT2D eigenvalue weighted by Gasteiger charge is -2.09. The standard InChI is InChI=1S/C10H17N3O2/c1-2-3-4-15-10(14)9(11)5-8-6-12-7-13-8/h6-7,9H,2-5,11H2,1H3,(H,12,13). The minimum Gasteiger partial charge on any atom is -0.465 e. The Hall–Kier alpha value is -1.36. The molecule has 0 amide bonds. The van der Waals surface area contributed by atoms with Crippen molar-refractivity contribution in [1.82, 2.24) is 9.97 Å². The lowest BCUT2D eigenvalue weighted by Crippen LogP contribution is -2.34. The third-order valence-electron chi connectivity index (χ3n) is 2.04. The first-order valence-electron chi connectivity index (χ1n) is 5.13. The molecule has 5 heteroatoms. The van der Waals surface area contributed by atoms with Crippen molar-refractivity contribution in [2.75, 3.05) is 6.61 Å². The second-order valence-electron chi connectivity index (χ2n) is 3.41. The minimum absolute atomic E-state index is 0.349. The molecule has 0 aromatic carbocycles. The van der Waals surface area contributed by atoms with E-state index in [1.807, 2.05) is 6.92 Å². The van der Waals surface area contributed by atoms with Crippen LogP contribution in [0.5, 0.6) is 0 Å². The number of carbonyl (C=O) groups is 1. The van der Waals surface area contributed by atoms with Gasteiger partial charge in [-0.15, -0.1) is 0 Å². The van der Waals surface area contributed by atoms with Crippen LogP contribution in [-0.4, -0.2) is 28.6 Å². The number of imidazole rings is 1. The molecule has 0 bridgehead atoms. The number of hydrogen-bond donors (Lipinski definition) is 2. The van der Waals surface area contributed by atoms with Crippen molar-refractivity contribution < 1.29 is 9.53 Å². The molecule has 1 aromatic rings.